The number of aromatic nitrogens is 3. The molecule has 0 radical (unpaired) electrons. The first kappa shape index (κ1) is 19.8. The van der Waals surface area contributed by atoms with E-state index in [1.165, 1.54) is 6.33 Å². The van der Waals surface area contributed by atoms with Gasteiger partial charge in [0, 0.05) is 43.1 Å². The third-order valence-corrected chi connectivity index (χ3v) is 5.22. The van der Waals surface area contributed by atoms with E-state index in [0.717, 1.165) is 11.3 Å². The van der Waals surface area contributed by atoms with Crippen molar-refractivity contribution in [1.29, 1.82) is 0 Å². The zero-order valence-corrected chi connectivity index (χ0v) is 17.1. The van der Waals surface area contributed by atoms with E-state index in [9.17, 15) is 10.1 Å². The molecular weight excluding hydrogens is 406 g/mol. The Morgan fingerprint density at radius 2 is 1.80 bits per heavy atom. The highest BCUT2D eigenvalue weighted by Gasteiger charge is 2.29. The minimum Gasteiger partial charge on any atom is -0.368 e. The highest BCUT2D eigenvalue weighted by atomic mass is 35.5. The van der Waals surface area contributed by atoms with Crippen molar-refractivity contribution < 1.29 is 4.92 Å². The predicted molar refractivity (Wildman–Crippen MR) is 117 cm³/mol. The summed E-state index contributed by atoms with van der Waals surface area (Å²) in [7, 11) is 0. The number of nitrogens with one attached hydrogen (secondary N) is 1. The lowest BCUT2D eigenvalue weighted by Crippen LogP contribution is -2.47. The van der Waals surface area contributed by atoms with Gasteiger partial charge >= 0.3 is 5.69 Å². The van der Waals surface area contributed by atoms with Crippen molar-refractivity contribution in [1.82, 2.24) is 15.0 Å². The Kier molecular flexibility index (Phi) is 5.62. The van der Waals surface area contributed by atoms with E-state index in [-0.39, 0.29) is 11.5 Å². The molecule has 0 bridgehead atoms. The van der Waals surface area contributed by atoms with Crippen LogP contribution in [0, 0.1) is 17.0 Å². The minimum atomic E-state index is -0.445. The molecule has 1 fully saturated rings. The molecule has 9 nitrogen and oxygen atoms in total. The van der Waals surface area contributed by atoms with Crippen LogP contribution in [0.15, 0.2) is 48.9 Å². The Labute approximate surface area is 178 Å². The molecule has 154 valence electrons. The summed E-state index contributed by atoms with van der Waals surface area (Å²) in [5.41, 5.74) is 1.74. The number of halogens is 1. The van der Waals surface area contributed by atoms with E-state index in [1.807, 2.05) is 42.2 Å². The van der Waals surface area contributed by atoms with Gasteiger partial charge in [-0.2, -0.15) is 0 Å². The molecule has 2 aromatic heterocycles. The second-order valence-corrected chi connectivity index (χ2v) is 7.34. The molecule has 3 heterocycles. The van der Waals surface area contributed by atoms with Crippen molar-refractivity contribution in [3.8, 4) is 0 Å². The first-order valence-electron chi connectivity index (χ1n) is 9.46. The lowest BCUT2D eigenvalue weighted by molar-refractivity contribution is -0.383. The maximum atomic E-state index is 11.9. The fourth-order valence-electron chi connectivity index (χ4n) is 3.44. The summed E-state index contributed by atoms with van der Waals surface area (Å²) < 4.78 is 0. The van der Waals surface area contributed by atoms with Crippen LogP contribution in [-0.2, 0) is 0 Å². The van der Waals surface area contributed by atoms with E-state index in [0.29, 0.717) is 42.8 Å². The third-order valence-electron chi connectivity index (χ3n) is 4.98. The van der Waals surface area contributed by atoms with Crippen molar-refractivity contribution in [2.24, 2.45) is 0 Å². The fraction of sp³-hybridized carbons (Fsp3) is 0.250. The number of hydrogen-bond acceptors (Lipinski definition) is 8. The van der Waals surface area contributed by atoms with Crippen LogP contribution in [0.25, 0.3) is 0 Å². The molecular formula is C20H20ClN7O2. The highest BCUT2D eigenvalue weighted by molar-refractivity contribution is 6.30. The maximum absolute atomic E-state index is 11.9. The van der Waals surface area contributed by atoms with Gasteiger partial charge in [0.2, 0.25) is 11.6 Å². The Hall–Kier alpha value is -3.46. The van der Waals surface area contributed by atoms with Gasteiger partial charge in [0.05, 0.1) is 4.92 Å². The van der Waals surface area contributed by atoms with Gasteiger partial charge in [-0.3, -0.25) is 10.1 Å². The Morgan fingerprint density at radius 1 is 1.03 bits per heavy atom. The maximum Gasteiger partial charge on any atom is 0.353 e. The molecule has 1 aliphatic heterocycles. The van der Waals surface area contributed by atoms with Gasteiger partial charge in [0.25, 0.3) is 0 Å². The van der Waals surface area contributed by atoms with Gasteiger partial charge in [0.15, 0.2) is 0 Å². The van der Waals surface area contributed by atoms with E-state index in [2.05, 4.69) is 25.2 Å². The summed E-state index contributed by atoms with van der Waals surface area (Å²) in [6.07, 6.45) is 2.96. The lowest BCUT2D eigenvalue weighted by atomic mass is 10.2. The van der Waals surface area contributed by atoms with Crippen LogP contribution in [-0.4, -0.2) is 46.1 Å². The molecule has 1 N–H and O–H groups in total. The molecule has 0 saturated carbocycles. The van der Waals surface area contributed by atoms with E-state index >= 15 is 0 Å². The summed E-state index contributed by atoms with van der Waals surface area (Å²) in [6.45, 7) is 4.45. The van der Waals surface area contributed by atoms with Gasteiger partial charge in [-0.25, -0.2) is 15.0 Å². The van der Waals surface area contributed by atoms with Crippen LogP contribution >= 0.6 is 11.6 Å². The number of nitrogens with zero attached hydrogens (tertiary/aromatic N) is 6. The average molecular weight is 426 g/mol. The largest absolute Gasteiger partial charge is 0.368 e. The van der Waals surface area contributed by atoms with Crippen molar-refractivity contribution in [3.05, 3.63) is 69.6 Å². The molecule has 0 atom stereocenters. The summed E-state index contributed by atoms with van der Waals surface area (Å²) in [5.74, 6) is 0.955. The number of rotatable bonds is 5. The van der Waals surface area contributed by atoms with Crippen LogP contribution in [0.5, 0.6) is 0 Å². The quantitative estimate of drug-likeness (QED) is 0.486. The van der Waals surface area contributed by atoms with Crippen LogP contribution in [0.2, 0.25) is 5.02 Å². The van der Waals surface area contributed by atoms with E-state index in [4.69, 9.17) is 11.6 Å². The Balaban J connectivity index is 1.57. The number of piperazine rings is 1. The van der Waals surface area contributed by atoms with E-state index < -0.39 is 4.92 Å². The molecule has 0 amide bonds. The molecule has 1 saturated heterocycles. The fourth-order valence-corrected chi connectivity index (χ4v) is 3.62. The van der Waals surface area contributed by atoms with Crippen molar-refractivity contribution in [2.45, 2.75) is 6.92 Å². The SMILES string of the molecule is Cc1cccnc1Nc1ncnc(N2CCN(c3cccc(Cl)c3)CC2)c1[N+](=O)[O-]. The van der Waals surface area contributed by atoms with Crippen molar-refractivity contribution in [2.75, 3.05) is 41.3 Å². The number of aryl methyl sites for hydroxylation is 1. The Morgan fingerprint density at radius 3 is 2.50 bits per heavy atom. The predicted octanol–water partition coefficient (Wildman–Crippen LogP) is 3.81. The molecule has 0 unspecified atom stereocenters. The van der Waals surface area contributed by atoms with Gasteiger partial charge in [-0.1, -0.05) is 23.7 Å². The number of hydrogen-bond donors (Lipinski definition) is 1. The Bertz CT molecular complexity index is 1070. The number of pyridine rings is 1. The molecule has 4 rings (SSSR count). The van der Waals surface area contributed by atoms with Crippen molar-refractivity contribution in [3.63, 3.8) is 0 Å². The lowest BCUT2D eigenvalue weighted by Gasteiger charge is -2.36. The van der Waals surface area contributed by atoms with Gasteiger partial charge in [-0.15, -0.1) is 0 Å². The van der Waals surface area contributed by atoms with Crippen molar-refractivity contribution >= 4 is 40.4 Å². The monoisotopic (exact) mass is 425 g/mol. The number of anilines is 4. The summed E-state index contributed by atoms with van der Waals surface area (Å²) in [4.78, 5) is 28.1. The van der Waals surface area contributed by atoms with Crippen LogP contribution < -0.4 is 15.1 Å². The normalized spacial score (nSPS) is 13.9. The average Bonchev–Trinajstić information content (AvgIpc) is 2.75. The third kappa shape index (κ3) is 4.11. The molecule has 3 aromatic rings. The summed E-state index contributed by atoms with van der Waals surface area (Å²) in [6, 6.07) is 11.4. The summed E-state index contributed by atoms with van der Waals surface area (Å²) in [5, 5.41) is 15.6. The highest BCUT2D eigenvalue weighted by Crippen LogP contribution is 2.34. The molecule has 1 aliphatic rings. The van der Waals surface area contributed by atoms with E-state index in [1.54, 1.807) is 12.3 Å². The second-order valence-electron chi connectivity index (χ2n) is 6.90. The number of benzene rings is 1. The molecule has 10 heteroatoms. The van der Waals surface area contributed by atoms with Crippen LogP contribution in [0.4, 0.5) is 28.8 Å². The van der Waals surface area contributed by atoms with Crippen LogP contribution in [0.3, 0.4) is 0 Å². The van der Waals surface area contributed by atoms with Crippen LogP contribution in [0.1, 0.15) is 5.56 Å². The zero-order chi connectivity index (χ0) is 21.1. The van der Waals surface area contributed by atoms with Gasteiger partial charge in [-0.05, 0) is 36.8 Å². The second kappa shape index (κ2) is 8.50. The first-order valence-corrected chi connectivity index (χ1v) is 9.84. The molecule has 0 aliphatic carbocycles. The molecule has 1 aromatic carbocycles. The molecule has 30 heavy (non-hydrogen) atoms. The van der Waals surface area contributed by atoms with Gasteiger partial charge in [0.1, 0.15) is 12.1 Å². The zero-order valence-electron chi connectivity index (χ0n) is 16.3. The van der Waals surface area contributed by atoms with Gasteiger partial charge < -0.3 is 15.1 Å². The molecule has 0 spiro atoms. The first-order chi connectivity index (χ1) is 14.5. The topological polar surface area (TPSA) is 100 Å². The summed E-state index contributed by atoms with van der Waals surface area (Å²) >= 11 is 6.10. The standard InChI is InChI=1S/C20H20ClN7O2/c1-14-4-3-7-22-18(14)25-19-17(28(29)30)20(24-13-23-19)27-10-8-26(9-11-27)16-6-2-5-15(21)12-16/h2-7,12-13H,8-11H2,1H3,(H,22,23,24,25). The smallest absolute Gasteiger partial charge is 0.353 e. The number of nitro groups is 1. The minimum absolute atomic E-state index is 0.129.